The Hall–Kier alpha value is -3.80. The van der Waals surface area contributed by atoms with Gasteiger partial charge < -0.3 is 25.4 Å². The molecule has 56 heavy (non-hydrogen) atoms. The molecular formula is C51H73NO4. The summed E-state index contributed by atoms with van der Waals surface area (Å²) in [6.45, 7) is 18.7. The number of benzene rings is 3. The Kier molecular flexibility index (Phi) is 16.9. The van der Waals surface area contributed by atoms with Gasteiger partial charge in [0, 0.05) is 22.6 Å². The number of ether oxygens (including phenoxy) is 2. The molecule has 3 aromatic rings. The van der Waals surface area contributed by atoms with Crippen molar-refractivity contribution in [3.05, 3.63) is 118 Å². The zero-order valence-electron chi connectivity index (χ0n) is 36.0. The lowest BCUT2D eigenvalue weighted by molar-refractivity contribution is 0.0358. The molecule has 0 amide bonds. The van der Waals surface area contributed by atoms with Crippen LogP contribution >= 0.6 is 0 Å². The molecule has 0 bridgehead atoms. The van der Waals surface area contributed by atoms with E-state index in [9.17, 15) is 10.2 Å². The number of nitrogens with two attached hydrogens (primary N) is 1. The lowest BCUT2D eigenvalue weighted by Gasteiger charge is -2.42. The minimum atomic E-state index is -1.76. The van der Waals surface area contributed by atoms with Gasteiger partial charge in [-0.1, -0.05) is 174 Å². The highest BCUT2D eigenvalue weighted by molar-refractivity contribution is 5.64. The van der Waals surface area contributed by atoms with Crippen LogP contribution in [0, 0.1) is 5.92 Å². The molecule has 0 saturated heterocycles. The van der Waals surface area contributed by atoms with Crippen molar-refractivity contribution in [1.29, 1.82) is 0 Å². The molecule has 2 atom stereocenters. The maximum atomic E-state index is 14.0. The molecule has 0 aliphatic heterocycles. The number of allylic oxidation sites excluding steroid dienone is 3. The van der Waals surface area contributed by atoms with Crippen molar-refractivity contribution in [2.75, 3.05) is 13.2 Å². The highest BCUT2D eigenvalue weighted by Gasteiger charge is 2.47. The van der Waals surface area contributed by atoms with Crippen LogP contribution in [0.25, 0.3) is 6.08 Å². The summed E-state index contributed by atoms with van der Waals surface area (Å²) >= 11 is 0. The first-order chi connectivity index (χ1) is 26.7. The van der Waals surface area contributed by atoms with Crippen molar-refractivity contribution in [3.63, 3.8) is 0 Å². The lowest BCUT2D eigenvalue weighted by atomic mass is 9.69. The lowest BCUT2D eigenvalue weighted by Crippen LogP contribution is -2.51. The number of aliphatic hydroxyl groups is 1. The van der Waals surface area contributed by atoms with Gasteiger partial charge in [-0.2, -0.15) is 0 Å². The van der Waals surface area contributed by atoms with E-state index in [1.54, 1.807) is 6.07 Å². The van der Waals surface area contributed by atoms with E-state index in [4.69, 9.17) is 15.2 Å². The van der Waals surface area contributed by atoms with Crippen LogP contribution in [0.2, 0.25) is 0 Å². The summed E-state index contributed by atoms with van der Waals surface area (Å²) < 4.78 is 13.4. The Morgan fingerprint density at radius 1 is 0.661 bits per heavy atom. The quantitative estimate of drug-likeness (QED) is 0.0941. The molecule has 2 unspecified atom stereocenters. The first kappa shape index (κ1) is 44.9. The largest absolute Gasteiger partial charge is 0.507 e. The summed E-state index contributed by atoms with van der Waals surface area (Å²) in [7, 11) is 0. The Balaban J connectivity index is 1.92. The summed E-state index contributed by atoms with van der Waals surface area (Å²) in [6, 6.07) is 19.0. The minimum absolute atomic E-state index is 0.192. The summed E-state index contributed by atoms with van der Waals surface area (Å²) in [5.74, 6) is 1.04. The fourth-order valence-electron chi connectivity index (χ4n) is 7.57. The molecule has 5 nitrogen and oxygen atoms in total. The third kappa shape index (κ3) is 12.1. The summed E-state index contributed by atoms with van der Waals surface area (Å²) in [6.07, 6.45) is 23.9. The van der Waals surface area contributed by atoms with Gasteiger partial charge in [-0.3, -0.25) is 0 Å². The third-order valence-electron chi connectivity index (χ3n) is 11.3. The molecule has 0 radical (unpaired) electrons. The molecule has 0 aromatic heterocycles. The maximum absolute atomic E-state index is 14.0. The van der Waals surface area contributed by atoms with Crippen molar-refractivity contribution in [2.45, 2.75) is 155 Å². The Morgan fingerprint density at radius 2 is 1.14 bits per heavy atom. The zero-order chi connectivity index (χ0) is 40.8. The van der Waals surface area contributed by atoms with Crippen LogP contribution in [0.4, 0.5) is 0 Å². The number of phenolic OH excluding ortho intramolecular Hbond substituents is 1. The van der Waals surface area contributed by atoms with Gasteiger partial charge in [-0.15, -0.1) is 0 Å². The summed E-state index contributed by atoms with van der Waals surface area (Å²) in [4.78, 5) is 0. The Bertz CT molecular complexity index is 1670. The van der Waals surface area contributed by atoms with Gasteiger partial charge in [0.25, 0.3) is 0 Å². The van der Waals surface area contributed by atoms with Crippen LogP contribution in [0.15, 0.2) is 90.5 Å². The fourth-order valence-corrected chi connectivity index (χ4v) is 7.57. The van der Waals surface area contributed by atoms with E-state index in [1.807, 2.05) is 54.6 Å². The van der Waals surface area contributed by atoms with Gasteiger partial charge in [0.1, 0.15) is 22.8 Å². The van der Waals surface area contributed by atoms with Gasteiger partial charge >= 0.3 is 0 Å². The number of rotatable bonds is 21. The zero-order valence-corrected chi connectivity index (χ0v) is 36.0. The Morgan fingerprint density at radius 3 is 1.62 bits per heavy atom. The monoisotopic (exact) mass is 764 g/mol. The highest BCUT2D eigenvalue weighted by atomic mass is 16.5. The minimum Gasteiger partial charge on any atom is -0.507 e. The van der Waals surface area contributed by atoms with Crippen molar-refractivity contribution in [2.24, 2.45) is 11.7 Å². The van der Waals surface area contributed by atoms with Crippen molar-refractivity contribution >= 4 is 6.08 Å². The predicted molar refractivity (Wildman–Crippen MR) is 237 cm³/mol. The third-order valence-corrected chi connectivity index (χ3v) is 11.3. The van der Waals surface area contributed by atoms with Gasteiger partial charge in [0.05, 0.1) is 19.3 Å². The molecule has 0 spiro atoms. The SMILES string of the molecule is CCCCCCCCOc1ccc(C(C)(C)C)cc1C(O)(c1cc(C(C)(C)C)ccc1OCCCCCCCC)C(N)C1C=CC=CC1=Cc1ccccc1O. The molecule has 1 aliphatic carbocycles. The van der Waals surface area contributed by atoms with Crippen LogP contribution < -0.4 is 15.2 Å². The molecule has 3 aromatic carbocycles. The Labute approximate surface area is 340 Å². The van der Waals surface area contributed by atoms with Crippen molar-refractivity contribution < 1.29 is 19.7 Å². The van der Waals surface area contributed by atoms with E-state index in [2.05, 4.69) is 85.7 Å². The average Bonchev–Trinajstić information content (AvgIpc) is 3.17. The van der Waals surface area contributed by atoms with E-state index in [0.29, 0.717) is 41.4 Å². The second-order valence-corrected chi connectivity index (χ2v) is 17.9. The van der Waals surface area contributed by atoms with Crippen LogP contribution in [0.5, 0.6) is 17.2 Å². The first-order valence-electron chi connectivity index (χ1n) is 21.6. The van der Waals surface area contributed by atoms with Gasteiger partial charge in [-0.05, 0) is 76.8 Å². The average molecular weight is 764 g/mol. The smallest absolute Gasteiger partial charge is 0.138 e. The van der Waals surface area contributed by atoms with E-state index >= 15 is 0 Å². The maximum Gasteiger partial charge on any atom is 0.138 e. The number of para-hydroxylation sites is 1. The molecule has 0 heterocycles. The normalized spacial score (nSPS) is 16.0. The molecule has 306 valence electrons. The first-order valence-corrected chi connectivity index (χ1v) is 21.6. The summed E-state index contributed by atoms with van der Waals surface area (Å²) in [5.41, 5.74) is 10.5. The molecule has 4 N–H and O–H groups in total. The number of hydrogen-bond acceptors (Lipinski definition) is 5. The van der Waals surface area contributed by atoms with Crippen molar-refractivity contribution in [3.8, 4) is 17.2 Å². The van der Waals surface area contributed by atoms with Crippen LogP contribution in [0.1, 0.15) is 160 Å². The van der Waals surface area contributed by atoms with E-state index in [-0.39, 0.29) is 16.6 Å². The fraction of sp³-hybridized carbons (Fsp3) is 0.529. The second-order valence-electron chi connectivity index (χ2n) is 17.9. The molecule has 1 aliphatic rings. The van der Waals surface area contributed by atoms with Crippen LogP contribution in [0.3, 0.4) is 0 Å². The van der Waals surface area contributed by atoms with Crippen molar-refractivity contribution in [1.82, 2.24) is 0 Å². The van der Waals surface area contributed by atoms with Crippen LogP contribution in [-0.2, 0) is 16.4 Å². The van der Waals surface area contributed by atoms with Crippen LogP contribution in [-0.4, -0.2) is 29.5 Å². The standard InChI is InChI=1S/C51H73NO4/c1-9-11-13-15-17-23-33-55-46-31-29-40(49(3,4)5)36-43(46)51(54,48(52)42-27-21-19-25-38(42)35-39-26-20-22-28-45(39)53)44-37-41(50(6,7)8)30-32-47(44)56-34-24-18-16-14-12-10-2/h19-22,25-32,35-37,42,48,53-54H,9-18,23-24,33-34,52H2,1-8H3. The second kappa shape index (κ2) is 21.1. The topological polar surface area (TPSA) is 84.9 Å². The van der Waals surface area contributed by atoms with E-state index in [1.165, 1.54) is 51.4 Å². The summed E-state index contributed by atoms with van der Waals surface area (Å²) in [5, 5.41) is 24.8. The van der Waals surface area contributed by atoms with E-state index in [0.717, 1.165) is 42.4 Å². The highest BCUT2D eigenvalue weighted by Crippen LogP contribution is 2.48. The van der Waals surface area contributed by atoms with Gasteiger partial charge in [0.2, 0.25) is 0 Å². The predicted octanol–water partition coefficient (Wildman–Crippen LogP) is 12.9. The molecule has 5 heteroatoms. The van der Waals surface area contributed by atoms with Gasteiger partial charge in [-0.25, -0.2) is 0 Å². The molecular weight excluding hydrogens is 691 g/mol. The van der Waals surface area contributed by atoms with Gasteiger partial charge in [0.15, 0.2) is 0 Å². The molecule has 0 saturated carbocycles. The number of phenols is 1. The number of hydrogen-bond donors (Lipinski definition) is 3. The van der Waals surface area contributed by atoms with E-state index < -0.39 is 17.6 Å². The molecule has 4 rings (SSSR count). The molecule has 0 fully saturated rings. The number of aromatic hydroxyl groups is 1. The number of unbranched alkanes of at least 4 members (excludes halogenated alkanes) is 10.